The summed E-state index contributed by atoms with van der Waals surface area (Å²) in [4.78, 5) is 16.7. The van der Waals surface area contributed by atoms with E-state index in [1.165, 1.54) is 13.2 Å². The van der Waals surface area contributed by atoms with Gasteiger partial charge in [-0.3, -0.25) is 10.1 Å². The third kappa shape index (κ3) is 5.92. The summed E-state index contributed by atoms with van der Waals surface area (Å²) >= 11 is 18.1. The number of methoxy groups -OCH3 is 1. The van der Waals surface area contributed by atoms with Crippen molar-refractivity contribution >= 4 is 89.6 Å². The number of rotatable bonds is 5. The maximum atomic E-state index is 13.7. The van der Waals surface area contributed by atoms with Crippen LogP contribution in [0.15, 0.2) is 61.9 Å². The molecule has 4 aromatic rings. The van der Waals surface area contributed by atoms with Crippen LogP contribution in [0.4, 0.5) is 14.5 Å². The molecule has 1 heterocycles. The maximum Gasteiger partial charge on any atom is 0.250 e. The van der Waals surface area contributed by atoms with Gasteiger partial charge in [-0.15, -0.1) is 0 Å². The molecule has 1 aromatic heterocycles. The van der Waals surface area contributed by atoms with Crippen molar-refractivity contribution < 1.29 is 22.7 Å². The molecule has 0 aliphatic rings. The lowest BCUT2D eigenvalue weighted by atomic mass is 10.2. The van der Waals surface area contributed by atoms with Gasteiger partial charge in [-0.05, 0) is 76.7 Å². The van der Waals surface area contributed by atoms with Crippen LogP contribution in [0.25, 0.3) is 28.6 Å². The first kappa shape index (κ1) is 26.2. The highest BCUT2D eigenvalue weighted by Gasteiger charge is 2.16. The first-order valence-corrected chi connectivity index (χ1v) is 12.4. The molecule has 0 radical (unpaired) electrons. The number of thiocarbonyl (C=S) groups is 1. The molecule has 36 heavy (non-hydrogen) atoms. The number of hydrogen-bond acceptors (Lipinski definition) is 5. The summed E-state index contributed by atoms with van der Waals surface area (Å²) in [5.74, 6) is -1.99. The van der Waals surface area contributed by atoms with Gasteiger partial charge in [-0.1, -0.05) is 27.5 Å². The van der Waals surface area contributed by atoms with Crippen molar-refractivity contribution in [1.29, 1.82) is 0 Å². The van der Waals surface area contributed by atoms with Crippen LogP contribution in [0.2, 0.25) is 5.02 Å². The average molecular weight is 658 g/mol. The Balaban J connectivity index is 1.46. The molecule has 3 aromatic carbocycles. The van der Waals surface area contributed by atoms with Crippen molar-refractivity contribution in [3.05, 3.63) is 79.7 Å². The predicted octanol–water partition coefficient (Wildman–Crippen LogP) is 7.49. The van der Waals surface area contributed by atoms with E-state index in [2.05, 4.69) is 47.5 Å². The summed E-state index contributed by atoms with van der Waals surface area (Å²) in [7, 11) is 1.53. The number of carbonyl (C=O) groups excluding carboxylic acids is 1. The molecule has 0 aliphatic carbocycles. The van der Waals surface area contributed by atoms with Gasteiger partial charge in [0.05, 0.1) is 22.2 Å². The Labute approximate surface area is 230 Å². The largest absolute Gasteiger partial charge is 0.495 e. The third-order valence-electron chi connectivity index (χ3n) is 4.78. The number of halogens is 5. The van der Waals surface area contributed by atoms with Gasteiger partial charge in [0.2, 0.25) is 11.8 Å². The predicted molar refractivity (Wildman–Crippen MR) is 146 cm³/mol. The van der Waals surface area contributed by atoms with Crippen LogP contribution in [-0.2, 0) is 4.79 Å². The Morgan fingerprint density at radius 2 is 1.92 bits per heavy atom. The Kier molecular flexibility index (Phi) is 8.04. The molecular weight excluding hydrogens is 644 g/mol. The fourth-order valence-corrected chi connectivity index (χ4v) is 5.08. The van der Waals surface area contributed by atoms with Crippen LogP contribution in [0.3, 0.4) is 0 Å². The number of benzene rings is 3. The van der Waals surface area contributed by atoms with Crippen LogP contribution in [-0.4, -0.2) is 23.1 Å². The van der Waals surface area contributed by atoms with Crippen molar-refractivity contribution in [1.82, 2.24) is 10.3 Å². The molecule has 0 saturated carbocycles. The molecule has 184 valence electrons. The van der Waals surface area contributed by atoms with Crippen molar-refractivity contribution in [2.24, 2.45) is 0 Å². The first-order chi connectivity index (χ1) is 17.1. The summed E-state index contributed by atoms with van der Waals surface area (Å²) in [6.45, 7) is 0. The second-order valence-corrected chi connectivity index (χ2v) is 9.82. The van der Waals surface area contributed by atoms with Gasteiger partial charge in [0.1, 0.15) is 11.3 Å². The molecule has 0 fully saturated rings. The highest BCUT2D eigenvalue weighted by Crippen LogP contribution is 2.34. The van der Waals surface area contributed by atoms with Gasteiger partial charge in [0, 0.05) is 21.8 Å². The van der Waals surface area contributed by atoms with Gasteiger partial charge in [-0.25, -0.2) is 13.8 Å². The monoisotopic (exact) mass is 655 g/mol. The van der Waals surface area contributed by atoms with Crippen LogP contribution in [0, 0.1) is 11.6 Å². The van der Waals surface area contributed by atoms with E-state index >= 15 is 0 Å². The average Bonchev–Trinajstić information content (AvgIpc) is 3.22. The zero-order valence-corrected chi connectivity index (χ0v) is 22.9. The van der Waals surface area contributed by atoms with Crippen LogP contribution < -0.4 is 15.4 Å². The summed E-state index contributed by atoms with van der Waals surface area (Å²) in [6.07, 6.45) is 2.92. The lowest BCUT2D eigenvalue weighted by Gasteiger charge is -2.09. The maximum absolute atomic E-state index is 13.7. The number of ether oxygens (including phenoxy) is 1. The first-order valence-electron chi connectivity index (χ1n) is 10.0. The molecular formula is C24H14Br2ClF2N3O3S. The van der Waals surface area contributed by atoms with Crippen molar-refractivity contribution in [3.63, 3.8) is 0 Å². The summed E-state index contributed by atoms with van der Waals surface area (Å²) in [5.41, 5.74) is 2.12. The Morgan fingerprint density at radius 3 is 2.67 bits per heavy atom. The number of nitrogens with one attached hydrogen (secondary N) is 2. The second-order valence-electron chi connectivity index (χ2n) is 7.23. The topological polar surface area (TPSA) is 76.4 Å². The Morgan fingerprint density at radius 1 is 1.17 bits per heavy atom. The Bertz CT molecular complexity index is 1550. The van der Waals surface area contributed by atoms with E-state index < -0.39 is 17.5 Å². The van der Waals surface area contributed by atoms with Gasteiger partial charge < -0.3 is 14.5 Å². The summed E-state index contributed by atoms with van der Waals surface area (Å²) in [6, 6.07) is 10.3. The zero-order valence-electron chi connectivity index (χ0n) is 18.2. The molecule has 0 unspecified atom stereocenters. The SMILES string of the molecule is COc1c(Br)cc(Br)cc1/C=C/C(=O)NC(=S)Nc1ccc2oc(-c3cc(F)c(F)cc3Cl)nc2c1. The van der Waals surface area contributed by atoms with E-state index in [0.717, 1.165) is 21.1 Å². The molecule has 1 amide bonds. The molecule has 12 heteroatoms. The second kappa shape index (κ2) is 11.0. The minimum Gasteiger partial charge on any atom is -0.495 e. The fraction of sp³-hybridized carbons (Fsp3) is 0.0417. The van der Waals surface area contributed by atoms with Crippen LogP contribution in [0.5, 0.6) is 5.75 Å². The molecule has 0 atom stereocenters. The number of fused-ring (bicyclic) bond motifs is 1. The minimum absolute atomic E-state index is 0.0293. The lowest BCUT2D eigenvalue weighted by Crippen LogP contribution is -2.32. The van der Waals surface area contributed by atoms with E-state index in [-0.39, 0.29) is 21.6 Å². The number of hydrogen-bond donors (Lipinski definition) is 2. The number of anilines is 1. The smallest absolute Gasteiger partial charge is 0.250 e. The molecule has 0 spiro atoms. The Hall–Kier alpha value is -2.86. The summed E-state index contributed by atoms with van der Waals surface area (Å²) in [5, 5.41) is 5.46. The van der Waals surface area contributed by atoms with Gasteiger partial charge >= 0.3 is 0 Å². The third-order valence-corrected chi connectivity index (χ3v) is 6.34. The van der Waals surface area contributed by atoms with E-state index in [1.54, 1.807) is 30.3 Å². The van der Waals surface area contributed by atoms with Gasteiger partial charge in [0.15, 0.2) is 22.3 Å². The van der Waals surface area contributed by atoms with E-state index in [4.69, 9.17) is 33.0 Å². The molecule has 0 bridgehead atoms. The standard InChI is InChI=1S/C24H14Br2ClF2N3O3S/c1-34-22-11(6-12(25)7-15(22)26)2-5-21(33)32-24(36)30-13-3-4-20-19(8-13)31-23(35-20)14-9-17(28)18(29)10-16(14)27/h2-10H,1H3,(H2,30,32,33,36)/b5-2+. The highest BCUT2D eigenvalue weighted by molar-refractivity contribution is 9.11. The zero-order chi connectivity index (χ0) is 26.0. The lowest BCUT2D eigenvalue weighted by molar-refractivity contribution is -0.115. The number of nitrogens with zero attached hydrogens (tertiary/aromatic N) is 1. The van der Waals surface area contributed by atoms with Crippen LogP contribution >= 0.6 is 55.7 Å². The molecule has 6 nitrogen and oxygen atoms in total. The van der Waals surface area contributed by atoms with Crippen molar-refractivity contribution in [2.75, 3.05) is 12.4 Å². The van der Waals surface area contributed by atoms with Crippen molar-refractivity contribution in [3.8, 4) is 17.2 Å². The fourth-order valence-electron chi connectivity index (χ4n) is 3.21. The molecule has 2 N–H and O–H groups in total. The molecule has 4 rings (SSSR count). The minimum atomic E-state index is -1.07. The van der Waals surface area contributed by atoms with Crippen LogP contribution in [0.1, 0.15) is 5.56 Å². The number of carbonyl (C=O) groups is 1. The number of amides is 1. The highest BCUT2D eigenvalue weighted by atomic mass is 79.9. The van der Waals surface area contributed by atoms with Gasteiger partial charge in [0.25, 0.3) is 0 Å². The van der Waals surface area contributed by atoms with Crippen molar-refractivity contribution in [2.45, 2.75) is 0 Å². The summed E-state index contributed by atoms with van der Waals surface area (Å²) < 4.78 is 39.6. The van der Waals surface area contributed by atoms with Gasteiger partial charge in [-0.2, -0.15) is 0 Å². The van der Waals surface area contributed by atoms with E-state index in [1.807, 2.05) is 6.07 Å². The number of aromatic nitrogens is 1. The molecule has 0 aliphatic heterocycles. The van der Waals surface area contributed by atoms with E-state index in [0.29, 0.717) is 28.1 Å². The number of oxazole rings is 1. The molecule has 0 saturated heterocycles. The normalized spacial score (nSPS) is 11.2. The quantitative estimate of drug-likeness (QED) is 0.132. The van der Waals surface area contributed by atoms with E-state index in [9.17, 15) is 13.6 Å².